The summed E-state index contributed by atoms with van der Waals surface area (Å²) in [6.45, 7) is 0.778. The Hall–Kier alpha value is -0.290. The van der Waals surface area contributed by atoms with E-state index >= 15 is 0 Å². The summed E-state index contributed by atoms with van der Waals surface area (Å²) in [5.41, 5.74) is 5.67. The van der Waals surface area contributed by atoms with Crippen molar-refractivity contribution in [2.45, 2.75) is 44.6 Å². The van der Waals surface area contributed by atoms with Crippen LogP contribution in [0.25, 0.3) is 0 Å². The largest absolute Gasteiger partial charge is 0.353 e. The third-order valence-electron chi connectivity index (χ3n) is 3.77. The van der Waals surface area contributed by atoms with E-state index in [9.17, 15) is 4.79 Å². The minimum atomic E-state index is 0. The fourth-order valence-electron chi connectivity index (χ4n) is 2.57. The maximum atomic E-state index is 11.9. The molecule has 1 fully saturated rings. The highest BCUT2D eigenvalue weighted by Gasteiger charge is 2.21. The minimum Gasteiger partial charge on any atom is -0.353 e. The number of amides is 1. The van der Waals surface area contributed by atoms with E-state index in [-0.39, 0.29) is 18.3 Å². The molecular formula is C14H22Cl2N2OS. The van der Waals surface area contributed by atoms with E-state index in [4.69, 9.17) is 17.3 Å². The van der Waals surface area contributed by atoms with E-state index in [1.54, 1.807) is 11.3 Å². The average molecular weight is 337 g/mol. The monoisotopic (exact) mass is 336 g/mol. The molecule has 0 saturated heterocycles. The number of carbonyl (C=O) groups is 1. The van der Waals surface area contributed by atoms with Crippen molar-refractivity contribution in [2.24, 2.45) is 11.7 Å². The number of hydrogen-bond donors (Lipinski definition) is 2. The number of nitrogens with one attached hydrogen (secondary N) is 1. The predicted octanol–water partition coefficient (Wildman–Crippen LogP) is 3.39. The maximum Gasteiger partial charge on any atom is 0.220 e. The fourth-order valence-corrected chi connectivity index (χ4v) is 3.65. The van der Waals surface area contributed by atoms with Gasteiger partial charge in [0, 0.05) is 17.3 Å². The summed E-state index contributed by atoms with van der Waals surface area (Å²) in [5.74, 6) is 0.808. The first kappa shape index (κ1) is 17.8. The van der Waals surface area contributed by atoms with Crippen molar-refractivity contribution < 1.29 is 4.79 Å². The molecule has 1 aromatic heterocycles. The fraction of sp³-hybridized carbons (Fsp3) is 0.643. The van der Waals surface area contributed by atoms with E-state index in [1.165, 1.54) is 4.88 Å². The van der Waals surface area contributed by atoms with Crippen LogP contribution in [-0.2, 0) is 11.2 Å². The van der Waals surface area contributed by atoms with Gasteiger partial charge in [0.2, 0.25) is 5.91 Å². The van der Waals surface area contributed by atoms with Crippen LogP contribution in [0.5, 0.6) is 0 Å². The highest BCUT2D eigenvalue weighted by molar-refractivity contribution is 7.16. The number of rotatable bonds is 5. The molecule has 20 heavy (non-hydrogen) atoms. The van der Waals surface area contributed by atoms with Crippen LogP contribution in [0.3, 0.4) is 0 Å². The van der Waals surface area contributed by atoms with E-state index in [1.807, 2.05) is 12.1 Å². The Morgan fingerprint density at radius 2 is 2.05 bits per heavy atom. The first-order valence-electron chi connectivity index (χ1n) is 6.91. The lowest BCUT2D eigenvalue weighted by atomic mass is 9.86. The molecule has 6 heteroatoms. The second-order valence-corrected chi connectivity index (χ2v) is 7.03. The summed E-state index contributed by atoms with van der Waals surface area (Å²) in [6.07, 6.45) is 5.75. The summed E-state index contributed by atoms with van der Waals surface area (Å²) in [4.78, 5) is 13.1. The zero-order valence-corrected chi connectivity index (χ0v) is 13.8. The van der Waals surface area contributed by atoms with Gasteiger partial charge in [0.05, 0.1) is 4.34 Å². The third-order valence-corrected chi connectivity index (χ3v) is 5.06. The first-order chi connectivity index (χ1) is 9.17. The quantitative estimate of drug-likeness (QED) is 0.865. The standard InChI is InChI=1S/C14H21ClN2OS.ClH/c15-13-7-5-12(19-13)6-8-14(18)17-11-3-1-10(9-16)2-4-11;/h5,7,10-11H,1-4,6,8-9,16H2,(H,17,18);1H. The highest BCUT2D eigenvalue weighted by atomic mass is 35.5. The summed E-state index contributed by atoms with van der Waals surface area (Å²) in [5, 5.41) is 3.13. The van der Waals surface area contributed by atoms with Gasteiger partial charge in [-0.1, -0.05) is 11.6 Å². The van der Waals surface area contributed by atoms with Gasteiger partial charge in [-0.05, 0) is 56.7 Å². The molecule has 0 unspecified atom stereocenters. The summed E-state index contributed by atoms with van der Waals surface area (Å²) >= 11 is 7.42. The smallest absolute Gasteiger partial charge is 0.220 e. The molecule has 0 aliphatic heterocycles. The van der Waals surface area contributed by atoms with Crippen molar-refractivity contribution in [3.8, 4) is 0 Å². The van der Waals surface area contributed by atoms with Gasteiger partial charge in [-0.25, -0.2) is 0 Å². The Morgan fingerprint density at radius 1 is 1.35 bits per heavy atom. The molecular weight excluding hydrogens is 315 g/mol. The molecule has 0 atom stereocenters. The van der Waals surface area contributed by atoms with Gasteiger partial charge in [-0.2, -0.15) is 0 Å². The molecule has 1 aliphatic rings. The number of halogens is 2. The van der Waals surface area contributed by atoms with Crippen molar-refractivity contribution in [3.63, 3.8) is 0 Å². The Kier molecular flexibility index (Phi) is 7.88. The van der Waals surface area contributed by atoms with Crippen LogP contribution in [0.15, 0.2) is 12.1 Å². The molecule has 1 saturated carbocycles. The van der Waals surface area contributed by atoms with E-state index in [0.29, 0.717) is 18.4 Å². The lowest BCUT2D eigenvalue weighted by Gasteiger charge is -2.28. The second kappa shape index (κ2) is 8.88. The van der Waals surface area contributed by atoms with Crippen LogP contribution < -0.4 is 11.1 Å². The average Bonchev–Trinajstić information content (AvgIpc) is 2.83. The number of hydrogen-bond acceptors (Lipinski definition) is 3. The molecule has 3 N–H and O–H groups in total. The van der Waals surface area contributed by atoms with Crippen molar-refractivity contribution in [2.75, 3.05) is 6.54 Å². The van der Waals surface area contributed by atoms with Gasteiger partial charge in [0.15, 0.2) is 0 Å². The van der Waals surface area contributed by atoms with Gasteiger partial charge in [-0.15, -0.1) is 23.7 Å². The molecule has 0 aromatic carbocycles. The van der Waals surface area contributed by atoms with Gasteiger partial charge in [0.25, 0.3) is 0 Å². The van der Waals surface area contributed by atoms with Gasteiger partial charge in [-0.3, -0.25) is 4.79 Å². The molecule has 1 heterocycles. The maximum absolute atomic E-state index is 11.9. The topological polar surface area (TPSA) is 55.1 Å². The molecule has 0 spiro atoms. The lowest BCUT2D eigenvalue weighted by molar-refractivity contribution is -0.122. The molecule has 2 rings (SSSR count). The number of aryl methyl sites for hydroxylation is 1. The summed E-state index contributed by atoms with van der Waals surface area (Å²) in [7, 11) is 0. The number of carbonyl (C=O) groups excluding carboxylic acids is 1. The molecule has 0 radical (unpaired) electrons. The molecule has 1 aromatic rings. The zero-order chi connectivity index (χ0) is 13.7. The predicted molar refractivity (Wildman–Crippen MR) is 87.8 cm³/mol. The van der Waals surface area contributed by atoms with Crippen LogP contribution in [0, 0.1) is 5.92 Å². The van der Waals surface area contributed by atoms with Gasteiger partial charge >= 0.3 is 0 Å². The molecule has 3 nitrogen and oxygen atoms in total. The molecule has 1 aliphatic carbocycles. The van der Waals surface area contributed by atoms with Crippen molar-refractivity contribution in [1.82, 2.24) is 5.32 Å². The molecule has 114 valence electrons. The van der Waals surface area contributed by atoms with Crippen LogP contribution in [-0.4, -0.2) is 18.5 Å². The van der Waals surface area contributed by atoms with E-state index in [0.717, 1.165) is 43.0 Å². The number of thiophene rings is 1. The van der Waals surface area contributed by atoms with E-state index in [2.05, 4.69) is 5.32 Å². The van der Waals surface area contributed by atoms with Crippen LogP contribution in [0.1, 0.15) is 37.0 Å². The first-order valence-corrected chi connectivity index (χ1v) is 8.10. The van der Waals surface area contributed by atoms with Crippen LogP contribution in [0.2, 0.25) is 4.34 Å². The van der Waals surface area contributed by atoms with Crippen molar-refractivity contribution >= 4 is 41.3 Å². The Balaban J connectivity index is 0.00000200. The van der Waals surface area contributed by atoms with Crippen molar-refractivity contribution in [1.29, 1.82) is 0 Å². The Bertz CT molecular complexity index is 417. The number of nitrogens with two attached hydrogens (primary N) is 1. The minimum absolute atomic E-state index is 0. The Morgan fingerprint density at radius 3 is 2.60 bits per heavy atom. The van der Waals surface area contributed by atoms with E-state index < -0.39 is 0 Å². The highest BCUT2D eigenvalue weighted by Crippen LogP contribution is 2.24. The summed E-state index contributed by atoms with van der Waals surface area (Å²) in [6, 6.07) is 4.22. The zero-order valence-electron chi connectivity index (χ0n) is 11.4. The molecule has 0 bridgehead atoms. The van der Waals surface area contributed by atoms with Crippen molar-refractivity contribution in [3.05, 3.63) is 21.3 Å². The Labute approximate surface area is 135 Å². The van der Waals surface area contributed by atoms with Gasteiger partial charge < -0.3 is 11.1 Å². The van der Waals surface area contributed by atoms with Crippen LogP contribution >= 0.6 is 35.3 Å². The normalized spacial score (nSPS) is 22.1. The van der Waals surface area contributed by atoms with Gasteiger partial charge in [0.1, 0.15) is 0 Å². The van der Waals surface area contributed by atoms with Crippen LogP contribution in [0.4, 0.5) is 0 Å². The lowest BCUT2D eigenvalue weighted by Crippen LogP contribution is -2.38. The summed E-state index contributed by atoms with van der Waals surface area (Å²) < 4.78 is 0.788. The third kappa shape index (κ3) is 5.60. The SMILES string of the molecule is Cl.NCC1CCC(NC(=O)CCc2ccc(Cl)s2)CC1. The molecule has 1 amide bonds. The second-order valence-electron chi connectivity index (χ2n) is 5.23.